The van der Waals surface area contributed by atoms with Gasteiger partial charge in [0.1, 0.15) is 11.6 Å². The minimum atomic E-state index is -1.26. The van der Waals surface area contributed by atoms with Gasteiger partial charge in [0.25, 0.3) is 5.91 Å². The third-order valence-corrected chi connectivity index (χ3v) is 5.73. The first kappa shape index (κ1) is 24.3. The lowest BCUT2D eigenvalue weighted by Gasteiger charge is -2.12. The molecular formula is C25H20ClN3O5. The van der Waals surface area contributed by atoms with E-state index in [4.69, 9.17) is 11.6 Å². The molecule has 0 aliphatic heterocycles. The topological polar surface area (TPSA) is 132 Å². The number of halogens is 1. The van der Waals surface area contributed by atoms with Crippen molar-refractivity contribution in [3.63, 3.8) is 0 Å². The second kappa shape index (κ2) is 9.65. The van der Waals surface area contributed by atoms with Crippen LogP contribution in [-0.2, 0) is 4.79 Å². The molecule has 0 radical (unpaired) electrons. The largest absolute Gasteiger partial charge is 0.478 e. The van der Waals surface area contributed by atoms with E-state index in [1.165, 1.54) is 18.2 Å². The van der Waals surface area contributed by atoms with Crippen LogP contribution in [0.5, 0.6) is 0 Å². The number of nitrogens with zero attached hydrogens (tertiary/aromatic N) is 2. The summed E-state index contributed by atoms with van der Waals surface area (Å²) in [7, 11) is 0. The van der Waals surface area contributed by atoms with E-state index >= 15 is 0 Å². The van der Waals surface area contributed by atoms with Gasteiger partial charge >= 0.3 is 11.9 Å². The fraction of sp³-hybridized carbons (Fsp3) is 0.120. The third kappa shape index (κ3) is 4.85. The predicted octanol–water partition coefficient (Wildman–Crippen LogP) is 5.00. The average Bonchev–Trinajstić information content (AvgIpc) is 3.07. The van der Waals surface area contributed by atoms with Gasteiger partial charge in [-0.25, -0.2) is 9.59 Å². The van der Waals surface area contributed by atoms with Crippen LogP contribution in [0.3, 0.4) is 0 Å². The van der Waals surface area contributed by atoms with Crippen LogP contribution < -0.4 is 5.32 Å². The zero-order valence-electron chi connectivity index (χ0n) is 18.5. The summed E-state index contributed by atoms with van der Waals surface area (Å²) in [6.45, 7) is 5.22. The number of benzene rings is 2. The van der Waals surface area contributed by atoms with Crippen molar-refractivity contribution in [1.29, 1.82) is 5.26 Å². The molecule has 0 aliphatic carbocycles. The molecule has 0 fully saturated rings. The maximum Gasteiger partial charge on any atom is 0.335 e. The van der Waals surface area contributed by atoms with E-state index in [0.29, 0.717) is 38.9 Å². The van der Waals surface area contributed by atoms with Gasteiger partial charge in [-0.2, -0.15) is 5.26 Å². The Hall–Kier alpha value is -4.35. The number of rotatable bonds is 6. The lowest BCUT2D eigenvalue weighted by molar-refractivity contribution is -0.112. The Labute approximate surface area is 200 Å². The van der Waals surface area contributed by atoms with Gasteiger partial charge in [0.15, 0.2) is 0 Å². The highest BCUT2D eigenvalue weighted by atomic mass is 35.5. The summed E-state index contributed by atoms with van der Waals surface area (Å²) in [5, 5.41) is 31.5. The summed E-state index contributed by atoms with van der Waals surface area (Å²) >= 11 is 6.09. The quantitative estimate of drug-likeness (QED) is 0.338. The standard InChI is InChI=1S/C25H20ClN3O5/c1-13-7-16(8-19(12-27)23(30)28-22-6-4-5-21(26)14(22)2)15(3)29(13)20-10-17(24(31)32)9-18(11-20)25(33)34/h4-11H,1-3H3,(H,28,30)(H,31,32)(H,33,34)/b19-8-. The molecule has 1 amide bonds. The molecule has 3 N–H and O–H groups in total. The molecule has 0 bridgehead atoms. The maximum atomic E-state index is 12.7. The highest BCUT2D eigenvalue weighted by molar-refractivity contribution is 6.31. The lowest BCUT2D eigenvalue weighted by Crippen LogP contribution is -2.14. The smallest absolute Gasteiger partial charge is 0.335 e. The van der Waals surface area contributed by atoms with Crippen molar-refractivity contribution in [2.75, 3.05) is 5.32 Å². The molecule has 34 heavy (non-hydrogen) atoms. The first-order valence-corrected chi connectivity index (χ1v) is 10.4. The first-order chi connectivity index (χ1) is 16.0. The SMILES string of the molecule is Cc1c(Cl)cccc1NC(=O)/C(C#N)=C\c1cc(C)n(-c2cc(C(=O)O)cc(C(=O)O)c2)c1C. The number of amides is 1. The van der Waals surface area contributed by atoms with Crippen LogP contribution in [0.15, 0.2) is 48.0 Å². The van der Waals surface area contributed by atoms with Crippen LogP contribution in [0.2, 0.25) is 5.02 Å². The van der Waals surface area contributed by atoms with Gasteiger partial charge in [-0.15, -0.1) is 0 Å². The molecule has 0 unspecified atom stereocenters. The Morgan fingerprint density at radius 1 is 1.03 bits per heavy atom. The number of aromatic nitrogens is 1. The van der Waals surface area contributed by atoms with Crippen LogP contribution in [0.1, 0.15) is 43.2 Å². The molecule has 3 rings (SSSR count). The van der Waals surface area contributed by atoms with Crippen molar-refractivity contribution >= 4 is 41.2 Å². The Morgan fingerprint density at radius 3 is 2.21 bits per heavy atom. The van der Waals surface area contributed by atoms with Crippen molar-refractivity contribution in [1.82, 2.24) is 4.57 Å². The van der Waals surface area contributed by atoms with Crippen LogP contribution >= 0.6 is 11.6 Å². The van der Waals surface area contributed by atoms with E-state index < -0.39 is 17.8 Å². The summed E-state index contributed by atoms with van der Waals surface area (Å²) in [5.74, 6) is -3.13. The first-order valence-electron chi connectivity index (χ1n) is 10.0. The third-order valence-electron chi connectivity index (χ3n) is 5.32. The predicted molar refractivity (Wildman–Crippen MR) is 128 cm³/mol. The van der Waals surface area contributed by atoms with Gasteiger partial charge in [0, 0.05) is 27.8 Å². The number of nitriles is 1. The normalized spacial score (nSPS) is 11.1. The number of carboxylic acids is 2. The minimum absolute atomic E-state index is 0.148. The van der Waals surface area contributed by atoms with Gasteiger partial charge in [0.05, 0.1) is 11.1 Å². The van der Waals surface area contributed by atoms with Crippen LogP contribution in [0.25, 0.3) is 11.8 Å². The molecule has 3 aromatic rings. The number of carbonyl (C=O) groups excluding carboxylic acids is 1. The van der Waals surface area contributed by atoms with Gasteiger partial charge in [-0.1, -0.05) is 17.7 Å². The fourth-order valence-electron chi connectivity index (χ4n) is 3.55. The van der Waals surface area contributed by atoms with E-state index in [0.717, 1.165) is 6.07 Å². The van der Waals surface area contributed by atoms with E-state index in [9.17, 15) is 29.9 Å². The number of nitrogens with one attached hydrogen (secondary N) is 1. The lowest BCUT2D eigenvalue weighted by atomic mass is 10.1. The molecule has 0 saturated heterocycles. The van der Waals surface area contributed by atoms with Crippen LogP contribution in [0.4, 0.5) is 5.69 Å². The molecule has 0 atom stereocenters. The molecule has 172 valence electrons. The van der Waals surface area contributed by atoms with E-state index in [2.05, 4.69) is 5.32 Å². The van der Waals surface area contributed by atoms with Crippen molar-refractivity contribution in [2.24, 2.45) is 0 Å². The van der Waals surface area contributed by atoms with E-state index in [1.807, 2.05) is 6.07 Å². The molecule has 0 aliphatic rings. The highest BCUT2D eigenvalue weighted by Gasteiger charge is 2.18. The number of hydrogen-bond acceptors (Lipinski definition) is 4. The summed E-state index contributed by atoms with van der Waals surface area (Å²) in [4.78, 5) is 35.7. The number of anilines is 1. The van der Waals surface area contributed by atoms with Crippen LogP contribution in [0, 0.1) is 32.1 Å². The van der Waals surface area contributed by atoms with Gasteiger partial charge in [-0.05, 0) is 74.4 Å². The minimum Gasteiger partial charge on any atom is -0.478 e. The van der Waals surface area contributed by atoms with Crippen LogP contribution in [-0.4, -0.2) is 32.6 Å². The van der Waals surface area contributed by atoms with Gasteiger partial charge in [0.2, 0.25) is 0 Å². The second-order valence-corrected chi connectivity index (χ2v) is 7.98. The molecule has 1 aromatic heterocycles. The van der Waals surface area contributed by atoms with Gasteiger partial charge < -0.3 is 20.1 Å². The number of aryl methyl sites for hydroxylation is 1. The van der Waals surface area contributed by atoms with Crippen molar-refractivity contribution in [3.8, 4) is 11.8 Å². The Balaban J connectivity index is 2.04. The fourth-order valence-corrected chi connectivity index (χ4v) is 3.73. The van der Waals surface area contributed by atoms with E-state index in [-0.39, 0.29) is 16.7 Å². The van der Waals surface area contributed by atoms with Crippen molar-refractivity contribution in [3.05, 3.63) is 86.7 Å². The summed E-state index contributed by atoms with van der Waals surface area (Å²) in [6, 6.07) is 12.5. The number of carbonyl (C=O) groups is 3. The monoisotopic (exact) mass is 477 g/mol. The summed E-state index contributed by atoms with van der Waals surface area (Å²) in [6.07, 6.45) is 1.42. The van der Waals surface area contributed by atoms with E-state index in [1.54, 1.807) is 49.6 Å². The second-order valence-electron chi connectivity index (χ2n) is 7.58. The van der Waals surface area contributed by atoms with Gasteiger partial charge in [-0.3, -0.25) is 4.79 Å². The Bertz CT molecular complexity index is 1380. The zero-order chi connectivity index (χ0) is 25.2. The molecule has 1 heterocycles. The Morgan fingerprint density at radius 2 is 1.65 bits per heavy atom. The molecule has 8 nitrogen and oxygen atoms in total. The average molecular weight is 478 g/mol. The molecule has 9 heteroatoms. The highest BCUT2D eigenvalue weighted by Crippen LogP contribution is 2.26. The molecule has 2 aromatic carbocycles. The molecular weight excluding hydrogens is 458 g/mol. The Kier molecular flexibility index (Phi) is 6.89. The van der Waals surface area contributed by atoms with Crippen molar-refractivity contribution < 1.29 is 24.6 Å². The number of hydrogen-bond donors (Lipinski definition) is 3. The molecule has 0 saturated carbocycles. The number of carboxylic acid groups (broad SMARTS) is 2. The summed E-state index contributed by atoms with van der Waals surface area (Å²) < 4.78 is 1.67. The number of aromatic carboxylic acids is 2. The summed E-state index contributed by atoms with van der Waals surface area (Å²) in [5.41, 5.74) is 2.79. The molecule has 0 spiro atoms. The zero-order valence-corrected chi connectivity index (χ0v) is 19.3. The van der Waals surface area contributed by atoms with Crippen molar-refractivity contribution in [2.45, 2.75) is 20.8 Å². The maximum absolute atomic E-state index is 12.7.